The van der Waals surface area contributed by atoms with Gasteiger partial charge in [0.05, 0.1) is 6.04 Å². The van der Waals surface area contributed by atoms with Gasteiger partial charge in [0.15, 0.2) is 0 Å². The van der Waals surface area contributed by atoms with E-state index in [1.54, 1.807) is 13.0 Å². The van der Waals surface area contributed by atoms with E-state index >= 15 is 0 Å². The van der Waals surface area contributed by atoms with Gasteiger partial charge in [-0.05, 0) is 29.0 Å². The topological polar surface area (TPSA) is 68.1 Å². The number of hydrogen-bond donors (Lipinski definition) is 1. The lowest BCUT2D eigenvalue weighted by molar-refractivity contribution is -0.388. The fourth-order valence-electron chi connectivity index (χ4n) is 0.959. The summed E-state index contributed by atoms with van der Waals surface area (Å²) in [7, 11) is 0. The summed E-state index contributed by atoms with van der Waals surface area (Å²) in [4.78, 5) is 13.5. The smallest absolute Gasteiger partial charge is 0.373 e. The molecule has 0 saturated carbocycles. The molecule has 6 heteroatoms. The molecule has 1 N–H and O–H groups in total. The molecule has 0 aromatic carbocycles. The van der Waals surface area contributed by atoms with Gasteiger partial charge < -0.3 is 15.4 Å². The number of pyridine rings is 1. The molecule has 0 saturated heterocycles. The number of nitrogens with one attached hydrogen (secondary N) is 1. The van der Waals surface area contributed by atoms with Crippen LogP contribution in [0.4, 0.5) is 15.9 Å². The van der Waals surface area contributed by atoms with Gasteiger partial charge in [-0.25, -0.2) is 4.39 Å². The summed E-state index contributed by atoms with van der Waals surface area (Å²) in [5, 5.41) is 13.2. The van der Waals surface area contributed by atoms with Crippen molar-refractivity contribution in [1.82, 2.24) is 4.98 Å². The average Bonchev–Trinajstić information content (AvgIpc) is 2.18. The van der Waals surface area contributed by atoms with Crippen LogP contribution in [0.5, 0.6) is 0 Å². The molecule has 0 aliphatic carbocycles. The van der Waals surface area contributed by atoms with Gasteiger partial charge >= 0.3 is 5.82 Å². The monoisotopic (exact) mass is 199 g/mol. The van der Waals surface area contributed by atoms with Crippen LogP contribution >= 0.6 is 0 Å². The maximum Gasteiger partial charge on any atom is 0.386 e. The molecule has 0 unspecified atom stereocenters. The third-order valence-corrected chi connectivity index (χ3v) is 1.59. The number of alkyl halides is 1. The van der Waals surface area contributed by atoms with E-state index in [1.807, 2.05) is 0 Å². The first-order valence-electron chi connectivity index (χ1n) is 4.07. The molecular formula is C8H10FN3O2. The van der Waals surface area contributed by atoms with E-state index < -0.39 is 17.6 Å². The van der Waals surface area contributed by atoms with Crippen LogP contribution < -0.4 is 5.32 Å². The van der Waals surface area contributed by atoms with Crippen LogP contribution in [-0.4, -0.2) is 22.6 Å². The first-order chi connectivity index (χ1) is 6.65. The van der Waals surface area contributed by atoms with Gasteiger partial charge in [0, 0.05) is 0 Å². The standard InChI is InChI=1S/C8H10FN3O2/c1-6(5-9)11-7-3-2-4-10-8(7)12(13)14/h2-4,6,11H,5H2,1H3/t6-/m0/s1. The second-order valence-corrected chi connectivity index (χ2v) is 2.83. The van der Waals surface area contributed by atoms with Crippen molar-refractivity contribution in [3.05, 3.63) is 28.4 Å². The normalized spacial score (nSPS) is 12.1. The van der Waals surface area contributed by atoms with Gasteiger partial charge in [0.25, 0.3) is 0 Å². The summed E-state index contributed by atoms with van der Waals surface area (Å²) in [5.74, 6) is -0.284. The highest BCUT2D eigenvalue weighted by atomic mass is 19.1. The Morgan fingerprint density at radius 2 is 2.50 bits per heavy atom. The molecule has 0 aliphatic heterocycles. The highest BCUT2D eigenvalue weighted by Crippen LogP contribution is 2.20. The van der Waals surface area contributed by atoms with Crippen LogP contribution in [-0.2, 0) is 0 Å². The lowest BCUT2D eigenvalue weighted by atomic mass is 10.3. The first kappa shape index (κ1) is 10.4. The number of hydrogen-bond acceptors (Lipinski definition) is 4. The predicted octanol–water partition coefficient (Wildman–Crippen LogP) is 1.76. The third kappa shape index (κ3) is 2.38. The number of anilines is 1. The molecule has 1 aromatic heterocycles. The lowest BCUT2D eigenvalue weighted by Crippen LogP contribution is -2.18. The van der Waals surface area contributed by atoms with Crippen molar-refractivity contribution in [3.8, 4) is 0 Å². The Hall–Kier alpha value is -1.72. The SMILES string of the molecule is C[C@@H](CF)Nc1cccnc1[N+](=O)[O-]. The van der Waals surface area contributed by atoms with Crippen LogP contribution in [0.25, 0.3) is 0 Å². The Morgan fingerprint density at radius 3 is 3.07 bits per heavy atom. The molecule has 76 valence electrons. The Bertz CT molecular complexity index is 332. The van der Waals surface area contributed by atoms with Gasteiger partial charge in [0.2, 0.25) is 0 Å². The molecule has 1 rings (SSSR count). The first-order valence-corrected chi connectivity index (χ1v) is 4.07. The minimum atomic E-state index is -0.604. The molecule has 0 fully saturated rings. The average molecular weight is 199 g/mol. The van der Waals surface area contributed by atoms with Gasteiger partial charge in [-0.2, -0.15) is 0 Å². The minimum Gasteiger partial charge on any atom is -0.373 e. The summed E-state index contributed by atoms with van der Waals surface area (Å²) < 4.78 is 12.2. The van der Waals surface area contributed by atoms with Gasteiger partial charge in [-0.3, -0.25) is 0 Å². The zero-order valence-corrected chi connectivity index (χ0v) is 7.61. The lowest BCUT2D eigenvalue weighted by Gasteiger charge is -2.10. The fraction of sp³-hybridized carbons (Fsp3) is 0.375. The Kier molecular flexibility index (Phi) is 3.33. The number of halogens is 1. The summed E-state index contributed by atoms with van der Waals surface area (Å²) in [6.07, 6.45) is 1.32. The number of nitro groups is 1. The Morgan fingerprint density at radius 1 is 1.79 bits per heavy atom. The van der Waals surface area contributed by atoms with E-state index in [1.165, 1.54) is 12.3 Å². The molecule has 14 heavy (non-hydrogen) atoms. The molecule has 0 aliphatic rings. The molecule has 0 spiro atoms. The van der Waals surface area contributed by atoms with Crippen molar-refractivity contribution in [1.29, 1.82) is 0 Å². The molecule has 1 heterocycles. The molecule has 5 nitrogen and oxygen atoms in total. The third-order valence-electron chi connectivity index (χ3n) is 1.59. The summed E-state index contributed by atoms with van der Waals surface area (Å²) >= 11 is 0. The van der Waals surface area contributed by atoms with Crippen molar-refractivity contribution in [2.45, 2.75) is 13.0 Å². The summed E-state index contributed by atoms with van der Waals surface area (Å²) in [5.41, 5.74) is 0.239. The van der Waals surface area contributed by atoms with Crippen LogP contribution in [0.15, 0.2) is 18.3 Å². The quantitative estimate of drug-likeness (QED) is 0.592. The maximum atomic E-state index is 12.2. The Labute approximate surface area is 80.1 Å². The van der Waals surface area contributed by atoms with Crippen molar-refractivity contribution >= 4 is 11.5 Å². The number of rotatable bonds is 4. The van der Waals surface area contributed by atoms with Crippen molar-refractivity contribution in [2.24, 2.45) is 0 Å². The highest BCUT2D eigenvalue weighted by Gasteiger charge is 2.15. The van der Waals surface area contributed by atoms with Crippen LogP contribution in [0.3, 0.4) is 0 Å². The molecule has 0 bridgehead atoms. The van der Waals surface area contributed by atoms with Crippen molar-refractivity contribution < 1.29 is 9.31 Å². The van der Waals surface area contributed by atoms with E-state index in [4.69, 9.17) is 0 Å². The fourth-order valence-corrected chi connectivity index (χ4v) is 0.959. The second kappa shape index (κ2) is 4.50. The van der Waals surface area contributed by atoms with E-state index in [2.05, 4.69) is 10.3 Å². The van der Waals surface area contributed by atoms with Gasteiger partial charge in [-0.15, -0.1) is 0 Å². The summed E-state index contributed by atoms with van der Waals surface area (Å²) in [6, 6.07) is 2.59. The van der Waals surface area contributed by atoms with Crippen molar-refractivity contribution in [3.63, 3.8) is 0 Å². The molecule has 0 radical (unpaired) electrons. The van der Waals surface area contributed by atoms with E-state index in [-0.39, 0.29) is 11.5 Å². The molecule has 0 amide bonds. The van der Waals surface area contributed by atoms with E-state index in [9.17, 15) is 14.5 Å². The second-order valence-electron chi connectivity index (χ2n) is 2.83. The zero-order chi connectivity index (χ0) is 10.6. The van der Waals surface area contributed by atoms with Gasteiger partial charge in [0.1, 0.15) is 18.6 Å². The molecule has 1 aromatic rings. The number of aromatic nitrogens is 1. The van der Waals surface area contributed by atoms with E-state index in [0.29, 0.717) is 0 Å². The minimum absolute atomic E-state index is 0.239. The zero-order valence-electron chi connectivity index (χ0n) is 7.61. The highest BCUT2D eigenvalue weighted by molar-refractivity contribution is 5.57. The van der Waals surface area contributed by atoms with Crippen LogP contribution in [0.2, 0.25) is 0 Å². The van der Waals surface area contributed by atoms with Gasteiger partial charge in [-0.1, -0.05) is 0 Å². The maximum absolute atomic E-state index is 12.2. The van der Waals surface area contributed by atoms with Crippen molar-refractivity contribution in [2.75, 3.05) is 12.0 Å². The molecular weight excluding hydrogens is 189 g/mol. The summed E-state index contributed by atoms with van der Waals surface area (Å²) in [6.45, 7) is 1.00. The van der Waals surface area contributed by atoms with Crippen LogP contribution in [0.1, 0.15) is 6.92 Å². The predicted molar refractivity (Wildman–Crippen MR) is 50.0 cm³/mol. The Balaban J connectivity index is 2.90. The van der Waals surface area contributed by atoms with E-state index in [0.717, 1.165) is 0 Å². The van der Waals surface area contributed by atoms with Crippen LogP contribution in [0, 0.1) is 10.1 Å². The number of nitrogens with zero attached hydrogens (tertiary/aromatic N) is 2. The largest absolute Gasteiger partial charge is 0.386 e. The molecule has 1 atom stereocenters.